The van der Waals surface area contributed by atoms with Gasteiger partial charge in [-0.15, -0.1) is 0 Å². The Morgan fingerprint density at radius 1 is 1.23 bits per heavy atom. The normalized spacial score (nSPS) is 17.3. The second-order valence-electron chi connectivity index (χ2n) is 6.74. The molecule has 4 rings (SSSR count). The lowest BCUT2D eigenvalue weighted by Gasteiger charge is -2.32. The Morgan fingerprint density at radius 3 is 2.96 bits per heavy atom. The number of amides is 1. The van der Waals surface area contributed by atoms with Crippen LogP contribution in [0.25, 0.3) is 11.4 Å². The van der Waals surface area contributed by atoms with Crippen molar-refractivity contribution in [3.63, 3.8) is 0 Å². The first-order chi connectivity index (χ1) is 12.7. The van der Waals surface area contributed by atoms with Gasteiger partial charge in [0, 0.05) is 36.5 Å². The van der Waals surface area contributed by atoms with Crippen molar-refractivity contribution >= 4 is 5.91 Å². The van der Waals surface area contributed by atoms with Gasteiger partial charge in [-0.3, -0.25) is 4.79 Å². The third-order valence-corrected chi connectivity index (χ3v) is 4.81. The molecule has 0 spiro atoms. The summed E-state index contributed by atoms with van der Waals surface area (Å²) in [4.78, 5) is 23.7. The van der Waals surface area contributed by atoms with Crippen molar-refractivity contribution in [3.8, 4) is 11.4 Å². The maximum Gasteiger partial charge on any atom is 0.289 e. The molecule has 1 atom stereocenters. The lowest BCUT2D eigenvalue weighted by Crippen LogP contribution is -2.39. The van der Waals surface area contributed by atoms with Crippen molar-refractivity contribution in [3.05, 3.63) is 71.9 Å². The first-order valence-electron chi connectivity index (χ1n) is 8.93. The summed E-state index contributed by atoms with van der Waals surface area (Å²) < 4.78 is 5.26. The summed E-state index contributed by atoms with van der Waals surface area (Å²) >= 11 is 0. The van der Waals surface area contributed by atoms with Crippen LogP contribution >= 0.6 is 0 Å². The molecule has 5 nitrogen and oxygen atoms in total. The third kappa shape index (κ3) is 3.38. The van der Waals surface area contributed by atoms with E-state index in [0.29, 0.717) is 12.3 Å². The summed E-state index contributed by atoms with van der Waals surface area (Å²) in [7, 11) is 0. The highest BCUT2D eigenvalue weighted by atomic mass is 16.3. The molecule has 5 heteroatoms. The van der Waals surface area contributed by atoms with Crippen LogP contribution < -0.4 is 0 Å². The molecule has 1 aromatic carbocycles. The molecule has 3 aromatic rings. The number of likely N-dealkylation sites (tertiary alicyclic amines) is 1. The predicted octanol–water partition coefficient (Wildman–Crippen LogP) is 4.06. The fourth-order valence-corrected chi connectivity index (χ4v) is 3.48. The van der Waals surface area contributed by atoms with E-state index >= 15 is 0 Å². The zero-order chi connectivity index (χ0) is 17.9. The molecule has 0 aliphatic carbocycles. The maximum absolute atomic E-state index is 12.6. The van der Waals surface area contributed by atoms with Gasteiger partial charge in [-0.05, 0) is 44.0 Å². The van der Waals surface area contributed by atoms with Crippen molar-refractivity contribution in [2.75, 3.05) is 13.1 Å². The molecule has 0 unspecified atom stereocenters. The van der Waals surface area contributed by atoms with Crippen molar-refractivity contribution in [2.24, 2.45) is 0 Å². The van der Waals surface area contributed by atoms with Gasteiger partial charge in [0.1, 0.15) is 0 Å². The Bertz CT molecular complexity index is 905. The summed E-state index contributed by atoms with van der Waals surface area (Å²) in [5, 5.41) is 0. The van der Waals surface area contributed by atoms with Crippen molar-refractivity contribution in [1.82, 2.24) is 14.9 Å². The molecule has 0 bridgehead atoms. The number of aryl methyl sites for hydroxylation is 1. The van der Waals surface area contributed by atoms with E-state index in [1.54, 1.807) is 12.1 Å². The van der Waals surface area contributed by atoms with Crippen LogP contribution in [0.2, 0.25) is 0 Å². The Balaban J connectivity index is 1.55. The maximum atomic E-state index is 12.6. The van der Waals surface area contributed by atoms with E-state index in [9.17, 15) is 4.79 Å². The molecule has 0 saturated carbocycles. The van der Waals surface area contributed by atoms with Gasteiger partial charge >= 0.3 is 0 Å². The highest BCUT2D eigenvalue weighted by Crippen LogP contribution is 2.28. The largest absolute Gasteiger partial charge is 0.459 e. The van der Waals surface area contributed by atoms with Crippen LogP contribution in [0.3, 0.4) is 0 Å². The summed E-state index contributed by atoms with van der Waals surface area (Å²) in [6.45, 7) is 3.47. The zero-order valence-electron chi connectivity index (χ0n) is 14.8. The Hall–Kier alpha value is -2.95. The quantitative estimate of drug-likeness (QED) is 0.717. The lowest BCUT2D eigenvalue weighted by molar-refractivity contribution is 0.0673. The van der Waals surface area contributed by atoms with Crippen molar-refractivity contribution in [2.45, 2.75) is 25.7 Å². The van der Waals surface area contributed by atoms with Crippen LogP contribution in [0.4, 0.5) is 0 Å². The number of carbonyl (C=O) groups excluding carboxylic acids is 1. The van der Waals surface area contributed by atoms with Gasteiger partial charge in [0.15, 0.2) is 11.6 Å². The molecule has 3 heterocycles. The Labute approximate surface area is 152 Å². The molecule has 26 heavy (non-hydrogen) atoms. The highest BCUT2D eigenvalue weighted by molar-refractivity contribution is 5.91. The molecule has 2 aromatic heterocycles. The van der Waals surface area contributed by atoms with Crippen LogP contribution in [0.15, 0.2) is 59.3 Å². The van der Waals surface area contributed by atoms with Crippen LogP contribution in [0.1, 0.15) is 40.6 Å². The molecule has 1 amide bonds. The van der Waals surface area contributed by atoms with Gasteiger partial charge in [0.2, 0.25) is 0 Å². The monoisotopic (exact) mass is 347 g/mol. The van der Waals surface area contributed by atoms with Gasteiger partial charge in [0.05, 0.1) is 6.26 Å². The van der Waals surface area contributed by atoms with Crippen LogP contribution in [-0.2, 0) is 0 Å². The Kier molecular flexibility index (Phi) is 4.52. The summed E-state index contributed by atoms with van der Waals surface area (Å²) in [5.74, 6) is 1.30. The van der Waals surface area contributed by atoms with Gasteiger partial charge in [-0.25, -0.2) is 9.97 Å². The number of rotatable bonds is 3. The average Bonchev–Trinajstić information content (AvgIpc) is 3.22. The Morgan fingerprint density at radius 2 is 2.15 bits per heavy atom. The third-order valence-electron chi connectivity index (χ3n) is 4.81. The second kappa shape index (κ2) is 7.12. The van der Waals surface area contributed by atoms with E-state index in [-0.39, 0.29) is 11.8 Å². The van der Waals surface area contributed by atoms with Crippen molar-refractivity contribution < 1.29 is 9.21 Å². The number of aromatic nitrogens is 2. The van der Waals surface area contributed by atoms with Crippen LogP contribution in [0.5, 0.6) is 0 Å². The summed E-state index contributed by atoms with van der Waals surface area (Å²) in [5.41, 5.74) is 3.20. The van der Waals surface area contributed by atoms with E-state index < -0.39 is 0 Å². The fraction of sp³-hybridized carbons (Fsp3) is 0.286. The minimum atomic E-state index is -0.0485. The number of furan rings is 1. The SMILES string of the molecule is Cc1cccc(-c2nccc([C@@H]3CCCN(C(=O)c4ccco4)C3)n2)c1. The standard InChI is InChI=1S/C21H21N3O2/c1-15-5-2-6-16(13-15)20-22-10-9-18(23-20)17-7-3-11-24(14-17)21(25)19-8-4-12-26-19/h2,4-6,8-10,12-13,17H,3,7,11,14H2,1H3/t17-/m1/s1. The van der Waals surface area contributed by atoms with Crippen molar-refractivity contribution in [1.29, 1.82) is 0 Å². The minimum Gasteiger partial charge on any atom is -0.459 e. The molecular formula is C21H21N3O2. The van der Waals surface area contributed by atoms with E-state index in [1.165, 1.54) is 11.8 Å². The van der Waals surface area contributed by atoms with E-state index in [2.05, 4.69) is 24.0 Å². The van der Waals surface area contributed by atoms with Gasteiger partial charge < -0.3 is 9.32 Å². The average molecular weight is 347 g/mol. The number of piperidine rings is 1. The molecule has 1 saturated heterocycles. The molecule has 1 aliphatic rings. The fourth-order valence-electron chi connectivity index (χ4n) is 3.48. The first-order valence-corrected chi connectivity index (χ1v) is 8.93. The molecule has 1 fully saturated rings. The van der Waals surface area contributed by atoms with E-state index in [4.69, 9.17) is 9.40 Å². The number of hydrogen-bond donors (Lipinski definition) is 0. The summed E-state index contributed by atoms with van der Waals surface area (Å²) in [6, 6.07) is 13.6. The smallest absolute Gasteiger partial charge is 0.289 e. The predicted molar refractivity (Wildman–Crippen MR) is 98.8 cm³/mol. The lowest BCUT2D eigenvalue weighted by atomic mass is 9.94. The van der Waals surface area contributed by atoms with Gasteiger partial charge in [-0.2, -0.15) is 0 Å². The molecular weight excluding hydrogens is 326 g/mol. The first kappa shape index (κ1) is 16.5. The zero-order valence-corrected chi connectivity index (χ0v) is 14.8. The van der Waals surface area contributed by atoms with Gasteiger partial charge in [0.25, 0.3) is 5.91 Å². The topological polar surface area (TPSA) is 59.2 Å². The second-order valence-corrected chi connectivity index (χ2v) is 6.74. The number of nitrogens with zero attached hydrogens (tertiary/aromatic N) is 3. The minimum absolute atomic E-state index is 0.0485. The van der Waals surface area contributed by atoms with E-state index in [0.717, 1.165) is 36.5 Å². The van der Waals surface area contributed by atoms with Gasteiger partial charge in [-0.1, -0.05) is 23.8 Å². The van der Waals surface area contributed by atoms with Crippen LogP contribution in [0, 0.1) is 6.92 Å². The molecule has 1 aliphatic heterocycles. The number of carbonyl (C=O) groups is 1. The number of hydrogen-bond acceptors (Lipinski definition) is 4. The molecule has 132 valence electrons. The van der Waals surface area contributed by atoms with E-state index in [1.807, 2.05) is 29.3 Å². The summed E-state index contributed by atoms with van der Waals surface area (Å²) in [6.07, 6.45) is 5.33. The molecule has 0 radical (unpaired) electrons. The molecule has 0 N–H and O–H groups in total. The number of benzene rings is 1. The highest BCUT2D eigenvalue weighted by Gasteiger charge is 2.27. The van der Waals surface area contributed by atoms with Crippen LogP contribution in [-0.4, -0.2) is 33.9 Å².